The number of methoxy groups -OCH3 is 1. The number of hydrogen-bond acceptors (Lipinski definition) is 7. The minimum absolute atomic E-state index is 0.0962. The summed E-state index contributed by atoms with van der Waals surface area (Å²) in [6, 6.07) is 11.1. The number of hydrogen-bond donors (Lipinski definition) is 0. The SMILES string of the molecule is COc1cccc(N2CCN(C(=O)c3ccc(S(C)(=O)=O)c([N+](=O)[O-])c3)CC2)c1. The third-order valence-electron chi connectivity index (χ3n) is 4.79. The molecule has 1 amide bonds. The summed E-state index contributed by atoms with van der Waals surface area (Å²) in [6.07, 6.45) is 0.897. The van der Waals surface area contributed by atoms with E-state index in [0.29, 0.717) is 26.2 Å². The van der Waals surface area contributed by atoms with E-state index in [1.54, 1.807) is 12.0 Å². The lowest BCUT2D eigenvalue weighted by molar-refractivity contribution is -0.387. The molecule has 0 saturated carbocycles. The van der Waals surface area contributed by atoms with Crippen LogP contribution in [-0.4, -0.2) is 63.7 Å². The molecule has 29 heavy (non-hydrogen) atoms. The molecule has 9 nitrogen and oxygen atoms in total. The number of piperazine rings is 1. The van der Waals surface area contributed by atoms with E-state index in [1.807, 2.05) is 24.3 Å². The van der Waals surface area contributed by atoms with Gasteiger partial charge in [0.25, 0.3) is 11.6 Å². The lowest BCUT2D eigenvalue weighted by Crippen LogP contribution is -2.48. The van der Waals surface area contributed by atoms with E-state index < -0.39 is 25.3 Å². The Morgan fingerprint density at radius 3 is 2.38 bits per heavy atom. The zero-order valence-corrected chi connectivity index (χ0v) is 16.9. The zero-order valence-electron chi connectivity index (χ0n) is 16.1. The molecule has 0 unspecified atom stereocenters. The fraction of sp³-hybridized carbons (Fsp3) is 0.316. The summed E-state index contributed by atoms with van der Waals surface area (Å²) in [6.45, 7) is 2.08. The van der Waals surface area contributed by atoms with Crippen molar-refractivity contribution in [3.8, 4) is 5.75 Å². The molecule has 0 aromatic heterocycles. The molecule has 0 atom stereocenters. The standard InChI is InChI=1S/C19H21N3O6S/c1-28-16-5-3-4-15(13-16)20-8-10-21(11-9-20)19(23)14-6-7-18(29(2,26)27)17(12-14)22(24)25/h3-7,12-13H,8-11H2,1-2H3. The predicted octanol–water partition coefficient (Wildman–Crippen LogP) is 1.97. The Morgan fingerprint density at radius 2 is 1.79 bits per heavy atom. The van der Waals surface area contributed by atoms with Crippen molar-refractivity contribution in [3.63, 3.8) is 0 Å². The van der Waals surface area contributed by atoms with E-state index in [1.165, 1.54) is 6.07 Å². The van der Waals surface area contributed by atoms with E-state index in [0.717, 1.165) is 29.8 Å². The number of sulfone groups is 1. The van der Waals surface area contributed by atoms with Gasteiger partial charge in [-0.25, -0.2) is 8.42 Å². The average Bonchev–Trinajstić information content (AvgIpc) is 2.72. The maximum Gasteiger partial charge on any atom is 0.288 e. The van der Waals surface area contributed by atoms with Crippen LogP contribution in [0.3, 0.4) is 0 Å². The molecule has 1 aliphatic rings. The van der Waals surface area contributed by atoms with Gasteiger partial charge in [0.2, 0.25) is 0 Å². The van der Waals surface area contributed by atoms with Crippen LogP contribution in [0, 0.1) is 10.1 Å². The molecule has 1 heterocycles. The summed E-state index contributed by atoms with van der Waals surface area (Å²) in [7, 11) is -2.17. The van der Waals surface area contributed by atoms with Crippen molar-refractivity contribution < 1.29 is 22.9 Å². The number of anilines is 1. The highest BCUT2D eigenvalue weighted by Crippen LogP contribution is 2.26. The zero-order chi connectivity index (χ0) is 21.2. The number of ether oxygens (including phenoxy) is 1. The lowest BCUT2D eigenvalue weighted by Gasteiger charge is -2.36. The summed E-state index contributed by atoms with van der Waals surface area (Å²) < 4.78 is 28.7. The number of nitro groups is 1. The van der Waals surface area contributed by atoms with Gasteiger partial charge in [-0.15, -0.1) is 0 Å². The van der Waals surface area contributed by atoms with Crippen molar-refractivity contribution in [3.05, 3.63) is 58.1 Å². The number of amides is 1. The molecule has 1 fully saturated rings. The largest absolute Gasteiger partial charge is 0.497 e. The Labute approximate surface area is 168 Å². The van der Waals surface area contributed by atoms with Crippen molar-refractivity contribution in [1.82, 2.24) is 4.90 Å². The molecule has 0 aliphatic carbocycles. The predicted molar refractivity (Wildman–Crippen MR) is 107 cm³/mol. The van der Waals surface area contributed by atoms with Gasteiger partial charge < -0.3 is 14.5 Å². The third kappa shape index (κ3) is 4.48. The van der Waals surface area contributed by atoms with Gasteiger partial charge in [0.1, 0.15) is 10.6 Å². The maximum atomic E-state index is 12.8. The first-order valence-corrected chi connectivity index (χ1v) is 10.8. The quantitative estimate of drug-likeness (QED) is 0.538. The van der Waals surface area contributed by atoms with Gasteiger partial charge in [0.05, 0.1) is 12.0 Å². The molecule has 2 aromatic carbocycles. The molecule has 0 bridgehead atoms. The Bertz CT molecular complexity index is 1050. The van der Waals surface area contributed by atoms with E-state index in [-0.39, 0.29) is 11.5 Å². The van der Waals surface area contributed by atoms with Gasteiger partial charge in [0.15, 0.2) is 9.84 Å². The second-order valence-corrected chi connectivity index (χ2v) is 8.68. The number of nitro benzene ring substituents is 1. The smallest absolute Gasteiger partial charge is 0.288 e. The Hall–Kier alpha value is -3.14. The number of benzene rings is 2. The highest BCUT2D eigenvalue weighted by molar-refractivity contribution is 7.90. The van der Waals surface area contributed by atoms with Crippen LogP contribution in [0.15, 0.2) is 47.4 Å². The van der Waals surface area contributed by atoms with Gasteiger partial charge in [-0.2, -0.15) is 0 Å². The van der Waals surface area contributed by atoms with Crippen LogP contribution in [0.5, 0.6) is 5.75 Å². The molecular formula is C19H21N3O6S. The molecule has 2 aromatic rings. The lowest BCUT2D eigenvalue weighted by atomic mass is 10.1. The molecule has 10 heteroatoms. The van der Waals surface area contributed by atoms with Gasteiger partial charge >= 0.3 is 0 Å². The van der Waals surface area contributed by atoms with Crippen LogP contribution in [0.25, 0.3) is 0 Å². The highest BCUT2D eigenvalue weighted by atomic mass is 32.2. The second kappa shape index (κ2) is 8.08. The Kier molecular flexibility index (Phi) is 5.73. The summed E-state index contributed by atoms with van der Waals surface area (Å²) in [5.74, 6) is 0.387. The summed E-state index contributed by atoms with van der Waals surface area (Å²) in [5.41, 5.74) is 0.497. The van der Waals surface area contributed by atoms with Crippen molar-refractivity contribution in [2.24, 2.45) is 0 Å². The number of nitrogens with zero attached hydrogens (tertiary/aromatic N) is 3. The first-order chi connectivity index (χ1) is 13.7. The minimum atomic E-state index is -3.77. The first kappa shape index (κ1) is 20.6. The van der Waals surface area contributed by atoms with Crippen LogP contribution in [0.2, 0.25) is 0 Å². The van der Waals surface area contributed by atoms with E-state index in [9.17, 15) is 23.3 Å². The molecule has 1 saturated heterocycles. The van der Waals surface area contributed by atoms with Crippen molar-refractivity contribution in [1.29, 1.82) is 0 Å². The minimum Gasteiger partial charge on any atom is -0.497 e. The molecule has 0 N–H and O–H groups in total. The molecular weight excluding hydrogens is 398 g/mol. The van der Waals surface area contributed by atoms with Crippen LogP contribution in [0.4, 0.5) is 11.4 Å². The summed E-state index contributed by atoms with van der Waals surface area (Å²) in [5, 5.41) is 11.3. The fourth-order valence-electron chi connectivity index (χ4n) is 3.26. The normalized spacial score (nSPS) is 14.6. The molecule has 3 rings (SSSR count). The second-order valence-electron chi connectivity index (χ2n) is 6.69. The number of carbonyl (C=O) groups is 1. The van der Waals surface area contributed by atoms with Crippen molar-refractivity contribution in [2.45, 2.75) is 4.90 Å². The van der Waals surface area contributed by atoms with Gasteiger partial charge in [-0.05, 0) is 24.3 Å². The number of carbonyl (C=O) groups excluding carboxylic acids is 1. The maximum absolute atomic E-state index is 12.8. The van der Waals surface area contributed by atoms with Gasteiger partial charge in [-0.3, -0.25) is 14.9 Å². The molecule has 1 aliphatic heterocycles. The van der Waals surface area contributed by atoms with Crippen LogP contribution >= 0.6 is 0 Å². The summed E-state index contributed by atoms with van der Waals surface area (Å²) >= 11 is 0. The highest BCUT2D eigenvalue weighted by Gasteiger charge is 2.27. The van der Waals surface area contributed by atoms with Gasteiger partial charge in [-0.1, -0.05) is 6.07 Å². The Morgan fingerprint density at radius 1 is 1.10 bits per heavy atom. The molecule has 0 spiro atoms. The average molecular weight is 419 g/mol. The van der Waals surface area contributed by atoms with Gasteiger partial charge in [0, 0.05) is 55.8 Å². The van der Waals surface area contributed by atoms with Crippen molar-refractivity contribution in [2.75, 3.05) is 44.4 Å². The van der Waals surface area contributed by atoms with E-state index >= 15 is 0 Å². The van der Waals surface area contributed by atoms with Crippen LogP contribution in [0.1, 0.15) is 10.4 Å². The van der Waals surface area contributed by atoms with Crippen LogP contribution < -0.4 is 9.64 Å². The molecule has 0 radical (unpaired) electrons. The first-order valence-electron chi connectivity index (χ1n) is 8.87. The summed E-state index contributed by atoms with van der Waals surface area (Å²) in [4.78, 5) is 26.6. The van der Waals surface area contributed by atoms with E-state index in [2.05, 4.69) is 4.90 Å². The number of rotatable bonds is 5. The third-order valence-corrected chi connectivity index (χ3v) is 5.93. The van der Waals surface area contributed by atoms with Crippen molar-refractivity contribution >= 4 is 27.1 Å². The van der Waals surface area contributed by atoms with Crippen LogP contribution in [-0.2, 0) is 9.84 Å². The topological polar surface area (TPSA) is 110 Å². The van der Waals surface area contributed by atoms with E-state index in [4.69, 9.17) is 4.74 Å². The fourth-order valence-corrected chi connectivity index (χ4v) is 4.09. The monoisotopic (exact) mass is 419 g/mol. The Balaban J connectivity index is 1.75. The molecule has 154 valence electrons.